The minimum absolute atomic E-state index is 0.00438. The van der Waals surface area contributed by atoms with Crippen molar-refractivity contribution in [3.8, 4) is 0 Å². The Balaban J connectivity index is 1.46. The van der Waals surface area contributed by atoms with E-state index in [1.54, 1.807) is 18.0 Å². The van der Waals surface area contributed by atoms with E-state index in [-0.39, 0.29) is 23.1 Å². The van der Waals surface area contributed by atoms with Gasteiger partial charge in [0.1, 0.15) is 0 Å². The standard InChI is InChI=1S/C19H22N2O4/c1-20-15-4-2-13(10-12(15)3-5-16(20)22)17(23)21-8-6-19(7-9-21)11-14(19)18(24)25/h2,4,10,14H,3,5-9,11H2,1H3,(H,24,25). The molecule has 1 aliphatic carbocycles. The topological polar surface area (TPSA) is 77.9 Å². The molecule has 132 valence electrons. The molecule has 6 nitrogen and oxygen atoms in total. The number of carboxylic acid groups (broad SMARTS) is 1. The predicted octanol–water partition coefficient (Wildman–Crippen LogP) is 1.92. The molecule has 6 heteroatoms. The summed E-state index contributed by atoms with van der Waals surface area (Å²) in [4.78, 5) is 39.2. The molecule has 1 N–H and O–H groups in total. The van der Waals surface area contributed by atoms with Crippen molar-refractivity contribution < 1.29 is 19.5 Å². The Hall–Kier alpha value is -2.37. The zero-order chi connectivity index (χ0) is 17.8. The lowest BCUT2D eigenvalue weighted by atomic mass is 9.90. The number of carbonyl (C=O) groups excluding carboxylic acids is 2. The summed E-state index contributed by atoms with van der Waals surface area (Å²) < 4.78 is 0. The quantitative estimate of drug-likeness (QED) is 0.891. The van der Waals surface area contributed by atoms with Crippen LogP contribution in [0.4, 0.5) is 5.69 Å². The van der Waals surface area contributed by atoms with Gasteiger partial charge in [-0.05, 0) is 54.9 Å². The predicted molar refractivity (Wildman–Crippen MR) is 91.5 cm³/mol. The molecule has 2 fully saturated rings. The molecule has 0 aromatic heterocycles. The lowest BCUT2D eigenvalue weighted by molar-refractivity contribution is -0.139. The number of fused-ring (bicyclic) bond motifs is 1. The van der Waals surface area contributed by atoms with E-state index >= 15 is 0 Å². The van der Waals surface area contributed by atoms with Crippen LogP contribution < -0.4 is 4.90 Å². The molecule has 0 bridgehead atoms. The summed E-state index contributed by atoms with van der Waals surface area (Å²) in [5.74, 6) is -0.815. The zero-order valence-corrected chi connectivity index (χ0v) is 14.3. The van der Waals surface area contributed by atoms with Crippen LogP contribution in [0, 0.1) is 11.3 Å². The van der Waals surface area contributed by atoms with Crippen LogP contribution in [0.1, 0.15) is 41.6 Å². The molecule has 1 unspecified atom stereocenters. The molecular formula is C19H22N2O4. The van der Waals surface area contributed by atoms with Gasteiger partial charge in [-0.15, -0.1) is 0 Å². The Morgan fingerprint density at radius 1 is 1.20 bits per heavy atom. The number of carboxylic acids is 1. The number of hydrogen-bond donors (Lipinski definition) is 1. The van der Waals surface area contributed by atoms with Crippen molar-refractivity contribution in [3.05, 3.63) is 29.3 Å². The highest BCUT2D eigenvalue weighted by molar-refractivity contribution is 5.99. The number of likely N-dealkylation sites (tertiary alicyclic amines) is 1. The van der Waals surface area contributed by atoms with Gasteiger partial charge in [0.15, 0.2) is 0 Å². The van der Waals surface area contributed by atoms with Gasteiger partial charge in [-0.2, -0.15) is 0 Å². The number of rotatable bonds is 2. The van der Waals surface area contributed by atoms with Gasteiger partial charge in [0.05, 0.1) is 5.92 Å². The maximum absolute atomic E-state index is 12.8. The van der Waals surface area contributed by atoms with Crippen LogP contribution in [0.3, 0.4) is 0 Å². The van der Waals surface area contributed by atoms with Crippen LogP contribution in [0.25, 0.3) is 0 Å². The first-order valence-corrected chi connectivity index (χ1v) is 8.83. The number of piperidine rings is 1. The fourth-order valence-corrected chi connectivity index (χ4v) is 4.38. The van der Waals surface area contributed by atoms with Crippen molar-refractivity contribution in [2.24, 2.45) is 11.3 Å². The van der Waals surface area contributed by atoms with Crippen LogP contribution in [0.5, 0.6) is 0 Å². The number of nitrogens with zero attached hydrogens (tertiary/aromatic N) is 2. The van der Waals surface area contributed by atoms with Gasteiger partial charge < -0.3 is 14.9 Å². The van der Waals surface area contributed by atoms with Crippen LogP contribution in [0.2, 0.25) is 0 Å². The second-order valence-electron chi connectivity index (χ2n) is 7.55. The highest BCUT2D eigenvalue weighted by Gasteiger charge is 2.59. The fourth-order valence-electron chi connectivity index (χ4n) is 4.38. The smallest absolute Gasteiger partial charge is 0.307 e. The fraction of sp³-hybridized carbons (Fsp3) is 0.526. The monoisotopic (exact) mass is 342 g/mol. The highest BCUT2D eigenvalue weighted by Crippen LogP contribution is 2.59. The van der Waals surface area contributed by atoms with Gasteiger partial charge in [0.2, 0.25) is 5.91 Å². The molecule has 1 aromatic carbocycles. The third-order valence-electron chi connectivity index (χ3n) is 6.20. The number of carbonyl (C=O) groups is 3. The van der Waals surface area contributed by atoms with E-state index < -0.39 is 5.97 Å². The lowest BCUT2D eigenvalue weighted by Crippen LogP contribution is -2.40. The summed E-state index contributed by atoms with van der Waals surface area (Å²) in [6, 6.07) is 5.55. The van der Waals surface area contributed by atoms with Crippen LogP contribution in [-0.2, 0) is 16.0 Å². The van der Waals surface area contributed by atoms with Gasteiger partial charge >= 0.3 is 5.97 Å². The van der Waals surface area contributed by atoms with Crippen LogP contribution in [0.15, 0.2) is 18.2 Å². The maximum atomic E-state index is 12.8. The molecule has 0 radical (unpaired) electrons. The van der Waals surface area contributed by atoms with Crippen molar-refractivity contribution in [2.75, 3.05) is 25.0 Å². The summed E-state index contributed by atoms with van der Waals surface area (Å²) in [6.45, 7) is 1.25. The lowest BCUT2D eigenvalue weighted by Gasteiger charge is -2.33. The van der Waals surface area contributed by atoms with Gasteiger partial charge in [-0.3, -0.25) is 14.4 Å². The summed E-state index contributed by atoms with van der Waals surface area (Å²) in [6.07, 6.45) is 3.45. The summed E-state index contributed by atoms with van der Waals surface area (Å²) >= 11 is 0. The summed E-state index contributed by atoms with van der Waals surface area (Å²) in [7, 11) is 1.76. The van der Waals surface area contributed by atoms with Crippen molar-refractivity contribution in [1.82, 2.24) is 4.90 Å². The van der Waals surface area contributed by atoms with E-state index in [2.05, 4.69) is 0 Å². The molecule has 2 heterocycles. The molecular weight excluding hydrogens is 320 g/mol. The van der Waals surface area contributed by atoms with Crippen molar-refractivity contribution in [3.63, 3.8) is 0 Å². The average molecular weight is 342 g/mol. The second kappa shape index (κ2) is 5.58. The Morgan fingerprint density at radius 3 is 2.56 bits per heavy atom. The number of aliphatic carboxylic acids is 1. The minimum Gasteiger partial charge on any atom is -0.481 e. The molecule has 2 amide bonds. The van der Waals surface area contributed by atoms with E-state index in [9.17, 15) is 14.4 Å². The third kappa shape index (κ3) is 2.60. The van der Waals surface area contributed by atoms with Crippen molar-refractivity contribution in [1.29, 1.82) is 0 Å². The largest absolute Gasteiger partial charge is 0.481 e. The zero-order valence-electron chi connectivity index (χ0n) is 14.3. The minimum atomic E-state index is -0.701. The Bertz CT molecular complexity index is 765. The SMILES string of the molecule is CN1C(=O)CCc2cc(C(=O)N3CCC4(CC3)CC4C(=O)O)ccc21. The van der Waals surface area contributed by atoms with Crippen molar-refractivity contribution >= 4 is 23.5 Å². The first-order valence-electron chi connectivity index (χ1n) is 8.83. The van der Waals surface area contributed by atoms with Gasteiger partial charge in [-0.25, -0.2) is 0 Å². The van der Waals surface area contributed by atoms with Gasteiger partial charge in [0, 0.05) is 37.8 Å². The summed E-state index contributed by atoms with van der Waals surface area (Å²) in [5.41, 5.74) is 2.51. The van der Waals surface area contributed by atoms with Crippen LogP contribution >= 0.6 is 0 Å². The Labute approximate surface area is 146 Å². The number of aryl methyl sites for hydroxylation is 1. The van der Waals surface area contributed by atoms with Crippen molar-refractivity contribution in [2.45, 2.75) is 32.1 Å². The first-order chi connectivity index (χ1) is 11.9. The highest BCUT2D eigenvalue weighted by atomic mass is 16.4. The van der Waals surface area contributed by atoms with E-state index in [1.807, 2.05) is 17.0 Å². The number of anilines is 1. The second-order valence-corrected chi connectivity index (χ2v) is 7.55. The molecule has 1 saturated carbocycles. The number of benzene rings is 1. The summed E-state index contributed by atoms with van der Waals surface area (Å²) in [5, 5.41) is 9.17. The van der Waals surface area contributed by atoms with Gasteiger partial charge in [-0.1, -0.05) is 0 Å². The van der Waals surface area contributed by atoms with E-state index in [0.29, 0.717) is 31.5 Å². The van der Waals surface area contributed by atoms with E-state index in [0.717, 1.165) is 30.5 Å². The molecule has 1 saturated heterocycles. The molecule has 1 spiro atoms. The number of amides is 2. The van der Waals surface area contributed by atoms with E-state index in [4.69, 9.17) is 5.11 Å². The first kappa shape index (κ1) is 16.1. The molecule has 2 aliphatic heterocycles. The Kier molecular flexibility index (Phi) is 3.60. The molecule has 1 aromatic rings. The van der Waals surface area contributed by atoms with Crippen LogP contribution in [-0.4, -0.2) is 47.9 Å². The molecule has 3 aliphatic rings. The third-order valence-corrected chi connectivity index (χ3v) is 6.20. The maximum Gasteiger partial charge on any atom is 0.307 e. The van der Waals surface area contributed by atoms with E-state index in [1.165, 1.54) is 0 Å². The Morgan fingerprint density at radius 2 is 1.92 bits per heavy atom. The van der Waals surface area contributed by atoms with Gasteiger partial charge in [0.25, 0.3) is 5.91 Å². The molecule has 4 rings (SSSR count). The molecule has 1 atom stereocenters. The molecule has 25 heavy (non-hydrogen) atoms. The number of hydrogen-bond acceptors (Lipinski definition) is 3. The average Bonchev–Trinajstić information content (AvgIpc) is 3.32. The normalized spacial score (nSPS) is 24.2.